The summed E-state index contributed by atoms with van der Waals surface area (Å²) in [6.45, 7) is 3.98. The quantitative estimate of drug-likeness (QED) is 0.776. The van der Waals surface area contributed by atoms with Gasteiger partial charge >= 0.3 is 0 Å². The highest BCUT2D eigenvalue weighted by molar-refractivity contribution is 7.09. The Labute approximate surface area is 75.9 Å². The number of nitrogens with two attached hydrogens (primary N) is 1. The van der Waals surface area contributed by atoms with E-state index >= 15 is 0 Å². The lowest BCUT2D eigenvalue weighted by Gasteiger charge is -2.22. The van der Waals surface area contributed by atoms with Crippen LogP contribution in [0.3, 0.4) is 0 Å². The molecule has 0 aliphatic rings. The van der Waals surface area contributed by atoms with Crippen molar-refractivity contribution < 1.29 is 4.74 Å². The Kier molecular flexibility index (Phi) is 2.64. The summed E-state index contributed by atoms with van der Waals surface area (Å²) in [4.78, 5) is 4.08. The summed E-state index contributed by atoms with van der Waals surface area (Å²) in [6.07, 6.45) is 0.833. The average molecular weight is 187 g/mol. The smallest absolute Gasteiger partial charge is 0.200 e. The van der Waals surface area contributed by atoms with Gasteiger partial charge in [0.1, 0.15) is 5.60 Å². The van der Waals surface area contributed by atoms with E-state index < -0.39 is 5.60 Å². The molecule has 0 aliphatic carbocycles. The molecule has 0 aromatic carbocycles. The van der Waals surface area contributed by atoms with E-state index in [4.69, 9.17) is 10.5 Å². The predicted molar refractivity (Wildman–Crippen MR) is 49.0 cm³/mol. The maximum Gasteiger partial charge on any atom is 0.200 e. The van der Waals surface area contributed by atoms with Crippen LogP contribution in [-0.2, 0) is 10.3 Å². The molecule has 2 N–H and O–H groups in total. The van der Waals surface area contributed by atoms with Crippen molar-refractivity contribution in [2.75, 3.05) is 12.8 Å². The number of anilines is 1. The summed E-state index contributed by atoms with van der Waals surface area (Å²) < 4.78 is 9.42. The van der Waals surface area contributed by atoms with E-state index in [1.54, 1.807) is 7.11 Å². The van der Waals surface area contributed by atoms with Crippen molar-refractivity contribution in [1.29, 1.82) is 0 Å². The van der Waals surface area contributed by atoms with Crippen molar-refractivity contribution >= 4 is 16.7 Å². The van der Waals surface area contributed by atoms with Crippen LogP contribution in [0.5, 0.6) is 0 Å². The molecule has 1 aromatic rings. The molecule has 1 rings (SSSR count). The Hall–Kier alpha value is -0.680. The lowest BCUT2D eigenvalue weighted by molar-refractivity contribution is -0.00790. The van der Waals surface area contributed by atoms with E-state index in [9.17, 15) is 0 Å². The minimum Gasteiger partial charge on any atom is -0.374 e. The number of rotatable bonds is 3. The average Bonchev–Trinajstić information content (AvgIpc) is 2.51. The summed E-state index contributed by atoms with van der Waals surface area (Å²) in [5.74, 6) is 0.676. The molecule has 1 aromatic heterocycles. The first-order chi connectivity index (χ1) is 5.62. The van der Waals surface area contributed by atoms with Crippen LogP contribution in [0.2, 0.25) is 0 Å². The van der Waals surface area contributed by atoms with Gasteiger partial charge in [0.15, 0.2) is 11.0 Å². The predicted octanol–water partition coefficient (Wildman–Crippen LogP) is 1.39. The molecular formula is C7H13N3OS. The molecule has 1 unspecified atom stereocenters. The van der Waals surface area contributed by atoms with Gasteiger partial charge in [-0.3, -0.25) is 0 Å². The second-order valence-electron chi connectivity index (χ2n) is 2.74. The fraction of sp³-hybridized carbons (Fsp3) is 0.714. The highest BCUT2D eigenvalue weighted by atomic mass is 32.1. The third kappa shape index (κ3) is 1.56. The molecular weight excluding hydrogens is 174 g/mol. The van der Waals surface area contributed by atoms with Crippen molar-refractivity contribution in [2.24, 2.45) is 0 Å². The summed E-state index contributed by atoms with van der Waals surface area (Å²) in [7, 11) is 1.65. The van der Waals surface area contributed by atoms with Crippen molar-refractivity contribution in [3.63, 3.8) is 0 Å². The van der Waals surface area contributed by atoms with Crippen LogP contribution in [0.15, 0.2) is 0 Å². The van der Waals surface area contributed by atoms with Crippen LogP contribution in [-0.4, -0.2) is 16.5 Å². The number of nitrogens with zero attached hydrogens (tertiary/aromatic N) is 2. The normalized spacial score (nSPS) is 15.9. The van der Waals surface area contributed by atoms with Crippen molar-refractivity contribution in [3.8, 4) is 0 Å². The highest BCUT2D eigenvalue weighted by Crippen LogP contribution is 2.26. The summed E-state index contributed by atoms with van der Waals surface area (Å²) in [5, 5.41) is 0.488. The van der Waals surface area contributed by atoms with Crippen LogP contribution in [0.25, 0.3) is 0 Å². The van der Waals surface area contributed by atoms with E-state index in [0.29, 0.717) is 11.0 Å². The molecule has 1 heterocycles. The maximum atomic E-state index is 5.47. The van der Waals surface area contributed by atoms with Crippen LogP contribution in [0.1, 0.15) is 26.1 Å². The van der Waals surface area contributed by atoms with Crippen LogP contribution >= 0.6 is 11.5 Å². The molecule has 0 aliphatic heterocycles. The topological polar surface area (TPSA) is 61.0 Å². The number of aromatic nitrogens is 2. The Morgan fingerprint density at radius 2 is 2.33 bits per heavy atom. The Morgan fingerprint density at radius 3 is 2.67 bits per heavy atom. The van der Waals surface area contributed by atoms with E-state index in [1.807, 2.05) is 13.8 Å². The van der Waals surface area contributed by atoms with Gasteiger partial charge in [-0.05, 0) is 13.3 Å². The summed E-state index contributed by atoms with van der Waals surface area (Å²) in [6, 6.07) is 0. The first-order valence-electron chi connectivity index (χ1n) is 3.77. The van der Waals surface area contributed by atoms with Crippen LogP contribution < -0.4 is 5.73 Å². The zero-order valence-electron chi connectivity index (χ0n) is 7.50. The molecule has 0 saturated heterocycles. The second-order valence-corrected chi connectivity index (χ2v) is 3.53. The zero-order chi connectivity index (χ0) is 9.19. The van der Waals surface area contributed by atoms with Gasteiger partial charge in [0.05, 0.1) is 0 Å². The first kappa shape index (κ1) is 9.41. The van der Waals surface area contributed by atoms with Gasteiger partial charge in [-0.2, -0.15) is 4.37 Å². The first-order valence-corrected chi connectivity index (χ1v) is 4.54. The van der Waals surface area contributed by atoms with Gasteiger partial charge in [0.25, 0.3) is 0 Å². The second kappa shape index (κ2) is 3.37. The number of ether oxygens (including phenoxy) is 1. The minimum atomic E-state index is -0.395. The lowest BCUT2D eigenvalue weighted by atomic mass is 10.0. The molecule has 0 bridgehead atoms. The van der Waals surface area contributed by atoms with Gasteiger partial charge in [0, 0.05) is 18.6 Å². The van der Waals surface area contributed by atoms with Gasteiger partial charge < -0.3 is 10.5 Å². The van der Waals surface area contributed by atoms with Gasteiger partial charge in [-0.25, -0.2) is 4.98 Å². The number of methoxy groups -OCH3 is 1. The lowest BCUT2D eigenvalue weighted by Crippen LogP contribution is -2.24. The van der Waals surface area contributed by atoms with Gasteiger partial charge in [-0.15, -0.1) is 0 Å². The molecule has 0 saturated carbocycles. The molecule has 4 nitrogen and oxygen atoms in total. The maximum absolute atomic E-state index is 5.47. The van der Waals surface area contributed by atoms with Crippen molar-refractivity contribution in [2.45, 2.75) is 25.9 Å². The Bertz CT molecular complexity index is 257. The van der Waals surface area contributed by atoms with E-state index in [2.05, 4.69) is 9.36 Å². The number of hydrogen-bond donors (Lipinski definition) is 1. The standard InChI is InChI=1S/C7H13N3OS/c1-4-7(2,11-3)5-9-6(8)12-10-5/h4H2,1-3H3,(H2,8,9,10). The van der Waals surface area contributed by atoms with Crippen LogP contribution in [0.4, 0.5) is 5.13 Å². The largest absolute Gasteiger partial charge is 0.374 e. The highest BCUT2D eigenvalue weighted by Gasteiger charge is 2.28. The van der Waals surface area contributed by atoms with Crippen molar-refractivity contribution in [3.05, 3.63) is 5.82 Å². The molecule has 68 valence electrons. The number of nitrogen functional groups attached to an aromatic ring is 1. The summed E-state index contributed by atoms with van der Waals surface area (Å²) in [5.41, 5.74) is 5.08. The minimum absolute atomic E-state index is 0.395. The van der Waals surface area contributed by atoms with Gasteiger partial charge in [-0.1, -0.05) is 6.92 Å². The van der Waals surface area contributed by atoms with Crippen LogP contribution in [0, 0.1) is 0 Å². The van der Waals surface area contributed by atoms with Crippen molar-refractivity contribution in [1.82, 2.24) is 9.36 Å². The Morgan fingerprint density at radius 1 is 1.67 bits per heavy atom. The molecule has 0 radical (unpaired) electrons. The Balaban J connectivity index is 2.94. The van der Waals surface area contributed by atoms with E-state index in [-0.39, 0.29) is 0 Å². The third-order valence-corrected chi connectivity index (χ3v) is 2.58. The number of hydrogen-bond acceptors (Lipinski definition) is 5. The third-order valence-electron chi connectivity index (χ3n) is 2.04. The molecule has 12 heavy (non-hydrogen) atoms. The van der Waals surface area contributed by atoms with E-state index in [1.165, 1.54) is 11.5 Å². The monoisotopic (exact) mass is 187 g/mol. The fourth-order valence-corrected chi connectivity index (χ4v) is 1.38. The SMILES string of the molecule is CCC(C)(OC)c1nsc(N)n1. The molecule has 5 heteroatoms. The summed E-state index contributed by atoms with van der Waals surface area (Å²) >= 11 is 1.20. The van der Waals surface area contributed by atoms with E-state index in [0.717, 1.165) is 6.42 Å². The molecule has 0 spiro atoms. The molecule has 0 fully saturated rings. The fourth-order valence-electron chi connectivity index (χ4n) is 0.844. The van der Waals surface area contributed by atoms with Gasteiger partial charge in [0.2, 0.25) is 0 Å². The molecule has 0 amide bonds. The molecule has 1 atom stereocenters. The zero-order valence-corrected chi connectivity index (χ0v) is 8.31.